The number of benzene rings is 3. The van der Waals surface area contributed by atoms with Crippen molar-refractivity contribution in [2.24, 2.45) is 0 Å². The first-order chi connectivity index (χ1) is 14.6. The zero-order valence-electron chi connectivity index (χ0n) is 16.1. The monoisotopic (exact) mass is 419 g/mol. The maximum absolute atomic E-state index is 13.3. The number of hydrogen-bond donors (Lipinski definition) is 1. The third-order valence-electron chi connectivity index (χ3n) is 4.69. The Morgan fingerprint density at radius 1 is 1.00 bits per heavy atom. The number of rotatable bonds is 6. The van der Waals surface area contributed by atoms with Gasteiger partial charge in [-0.15, -0.1) is 0 Å². The maximum Gasteiger partial charge on any atom is 0.253 e. The molecule has 0 radical (unpaired) electrons. The van der Waals surface area contributed by atoms with Gasteiger partial charge >= 0.3 is 0 Å². The summed E-state index contributed by atoms with van der Waals surface area (Å²) in [5.41, 5.74) is 4.01. The van der Waals surface area contributed by atoms with Crippen molar-refractivity contribution >= 4 is 17.5 Å². The molecule has 0 saturated heterocycles. The Hall–Kier alpha value is -3.44. The van der Waals surface area contributed by atoms with Gasteiger partial charge in [0.1, 0.15) is 5.82 Å². The van der Waals surface area contributed by atoms with E-state index in [2.05, 4.69) is 5.32 Å². The summed E-state index contributed by atoms with van der Waals surface area (Å²) in [5.74, 6) is -0.847. The molecule has 1 amide bonds. The normalized spacial score (nSPS) is 10.7. The molecule has 0 aliphatic heterocycles. The number of aromatic nitrogens is 2. The Bertz CT molecular complexity index is 1160. The van der Waals surface area contributed by atoms with Gasteiger partial charge in [0.2, 0.25) is 0 Å². The van der Waals surface area contributed by atoms with Crippen molar-refractivity contribution in [3.05, 3.63) is 113 Å². The summed E-state index contributed by atoms with van der Waals surface area (Å²) in [6.45, 7) is 0.893. The average molecular weight is 420 g/mol. The minimum absolute atomic E-state index is 0.0792. The van der Waals surface area contributed by atoms with Crippen LogP contribution in [0.1, 0.15) is 21.5 Å². The molecule has 4 aromatic rings. The summed E-state index contributed by atoms with van der Waals surface area (Å²) in [7, 11) is 0. The highest BCUT2D eigenvalue weighted by atomic mass is 35.5. The molecule has 3 aromatic carbocycles. The van der Waals surface area contributed by atoms with Crippen LogP contribution in [0.4, 0.5) is 4.39 Å². The summed E-state index contributed by atoms with van der Waals surface area (Å²) < 4.78 is 15.1. The molecule has 0 bridgehead atoms. The SMILES string of the molecule is O=C(NCc1cn(Cc2ccccc2)nc1-c1ccccc1)c1ccc(F)cc1Cl. The summed E-state index contributed by atoms with van der Waals surface area (Å²) in [6.07, 6.45) is 1.93. The number of hydrogen-bond acceptors (Lipinski definition) is 2. The average Bonchev–Trinajstić information content (AvgIpc) is 3.16. The highest BCUT2D eigenvalue weighted by molar-refractivity contribution is 6.33. The molecule has 0 aliphatic rings. The highest BCUT2D eigenvalue weighted by Gasteiger charge is 2.15. The van der Waals surface area contributed by atoms with E-state index in [0.717, 1.165) is 28.5 Å². The van der Waals surface area contributed by atoms with Crippen LogP contribution in [0.2, 0.25) is 5.02 Å². The van der Waals surface area contributed by atoms with Crippen molar-refractivity contribution in [2.75, 3.05) is 0 Å². The Kier molecular flexibility index (Phi) is 5.91. The summed E-state index contributed by atoms with van der Waals surface area (Å²) >= 11 is 6.01. The Balaban J connectivity index is 1.58. The Morgan fingerprint density at radius 2 is 1.70 bits per heavy atom. The van der Waals surface area contributed by atoms with E-state index in [-0.39, 0.29) is 23.0 Å². The second-order valence-corrected chi connectivity index (χ2v) is 7.27. The molecule has 0 unspecified atom stereocenters. The smallest absolute Gasteiger partial charge is 0.253 e. The second kappa shape index (κ2) is 8.93. The van der Waals surface area contributed by atoms with E-state index in [1.165, 1.54) is 12.1 Å². The van der Waals surface area contributed by atoms with Gasteiger partial charge in [-0.05, 0) is 23.8 Å². The van der Waals surface area contributed by atoms with Crippen LogP contribution in [0.3, 0.4) is 0 Å². The molecular weight excluding hydrogens is 401 g/mol. The van der Waals surface area contributed by atoms with Gasteiger partial charge in [0.05, 0.1) is 22.8 Å². The minimum Gasteiger partial charge on any atom is -0.348 e. The number of halogens is 2. The maximum atomic E-state index is 13.3. The molecule has 0 fully saturated rings. The largest absolute Gasteiger partial charge is 0.348 e. The highest BCUT2D eigenvalue weighted by Crippen LogP contribution is 2.23. The fourth-order valence-corrected chi connectivity index (χ4v) is 3.48. The first-order valence-corrected chi connectivity index (χ1v) is 9.87. The van der Waals surface area contributed by atoms with Crippen LogP contribution < -0.4 is 5.32 Å². The van der Waals surface area contributed by atoms with E-state index in [0.29, 0.717) is 6.54 Å². The number of carbonyl (C=O) groups excluding carboxylic acids is 1. The van der Waals surface area contributed by atoms with E-state index in [4.69, 9.17) is 16.7 Å². The molecule has 0 aliphatic carbocycles. The number of nitrogens with zero attached hydrogens (tertiary/aromatic N) is 2. The van der Waals surface area contributed by atoms with E-state index in [1.54, 1.807) is 0 Å². The number of amides is 1. The molecule has 150 valence electrons. The quantitative estimate of drug-likeness (QED) is 0.459. The van der Waals surface area contributed by atoms with Crippen LogP contribution in [0.15, 0.2) is 85.1 Å². The summed E-state index contributed by atoms with van der Waals surface area (Å²) in [6, 6.07) is 23.6. The van der Waals surface area contributed by atoms with E-state index < -0.39 is 5.82 Å². The van der Waals surface area contributed by atoms with Gasteiger partial charge in [0, 0.05) is 23.9 Å². The second-order valence-electron chi connectivity index (χ2n) is 6.86. The zero-order valence-corrected chi connectivity index (χ0v) is 16.8. The van der Waals surface area contributed by atoms with Gasteiger partial charge in [0.15, 0.2) is 0 Å². The lowest BCUT2D eigenvalue weighted by Crippen LogP contribution is -2.23. The van der Waals surface area contributed by atoms with Crippen LogP contribution in [0.5, 0.6) is 0 Å². The molecule has 4 nitrogen and oxygen atoms in total. The molecule has 1 N–H and O–H groups in total. The van der Waals surface area contributed by atoms with Crippen LogP contribution in [-0.4, -0.2) is 15.7 Å². The fourth-order valence-electron chi connectivity index (χ4n) is 3.23. The standard InChI is InChI=1S/C24H19ClFN3O/c25-22-13-20(26)11-12-21(22)24(30)27-14-19-16-29(15-17-7-3-1-4-8-17)28-23(19)18-9-5-2-6-10-18/h1-13,16H,14-15H2,(H,27,30). The van der Waals surface area contributed by atoms with Gasteiger partial charge in [-0.3, -0.25) is 9.48 Å². The number of nitrogens with one attached hydrogen (secondary N) is 1. The van der Waals surface area contributed by atoms with Crippen molar-refractivity contribution in [1.82, 2.24) is 15.1 Å². The van der Waals surface area contributed by atoms with Gasteiger partial charge in [-0.1, -0.05) is 72.3 Å². The molecular formula is C24H19ClFN3O. The van der Waals surface area contributed by atoms with Crippen molar-refractivity contribution in [2.45, 2.75) is 13.1 Å². The topological polar surface area (TPSA) is 46.9 Å². The molecule has 6 heteroatoms. The molecule has 30 heavy (non-hydrogen) atoms. The Labute approximate surface area is 178 Å². The predicted octanol–water partition coefficient (Wildman–Crippen LogP) is 5.32. The van der Waals surface area contributed by atoms with Gasteiger partial charge in [0.25, 0.3) is 5.91 Å². The molecule has 1 heterocycles. The van der Waals surface area contributed by atoms with E-state index in [9.17, 15) is 9.18 Å². The minimum atomic E-state index is -0.481. The lowest BCUT2D eigenvalue weighted by molar-refractivity contribution is 0.0951. The molecule has 4 rings (SSSR count). The van der Waals surface area contributed by atoms with Crippen molar-refractivity contribution in [3.8, 4) is 11.3 Å². The van der Waals surface area contributed by atoms with Crippen molar-refractivity contribution in [3.63, 3.8) is 0 Å². The first kappa shape index (κ1) is 19.9. The molecule has 1 aromatic heterocycles. The lowest BCUT2D eigenvalue weighted by atomic mass is 10.1. The van der Waals surface area contributed by atoms with Gasteiger partial charge in [-0.2, -0.15) is 5.10 Å². The van der Waals surface area contributed by atoms with Gasteiger partial charge in [-0.25, -0.2) is 4.39 Å². The fraction of sp³-hybridized carbons (Fsp3) is 0.0833. The summed E-state index contributed by atoms with van der Waals surface area (Å²) in [5, 5.41) is 7.69. The van der Waals surface area contributed by atoms with Crippen LogP contribution >= 0.6 is 11.6 Å². The van der Waals surface area contributed by atoms with Crippen LogP contribution in [0.25, 0.3) is 11.3 Å². The molecule has 0 saturated carbocycles. The number of carbonyl (C=O) groups is 1. The lowest BCUT2D eigenvalue weighted by Gasteiger charge is -2.07. The third-order valence-corrected chi connectivity index (χ3v) is 5.00. The predicted molar refractivity (Wildman–Crippen MR) is 116 cm³/mol. The van der Waals surface area contributed by atoms with Crippen molar-refractivity contribution < 1.29 is 9.18 Å². The van der Waals surface area contributed by atoms with E-state index in [1.807, 2.05) is 71.5 Å². The molecule has 0 spiro atoms. The van der Waals surface area contributed by atoms with Crippen LogP contribution in [-0.2, 0) is 13.1 Å². The first-order valence-electron chi connectivity index (χ1n) is 9.49. The van der Waals surface area contributed by atoms with Gasteiger partial charge < -0.3 is 5.32 Å². The summed E-state index contributed by atoms with van der Waals surface area (Å²) in [4.78, 5) is 12.6. The van der Waals surface area contributed by atoms with Crippen LogP contribution in [0, 0.1) is 5.82 Å². The third kappa shape index (κ3) is 4.58. The van der Waals surface area contributed by atoms with E-state index >= 15 is 0 Å². The Morgan fingerprint density at radius 3 is 2.40 bits per heavy atom. The zero-order chi connectivity index (χ0) is 20.9. The van der Waals surface area contributed by atoms with Crippen molar-refractivity contribution in [1.29, 1.82) is 0 Å². The molecule has 0 atom stereocenters.